The first-order valence-corrected chi connectivity index (χ1v) is 10.9. The molecule has 0 saturated carbocycles. The van der Waals surface area contributed by atoms with E-state index in [1.807, 2.05) is 12.2 Å². The van der Waals surface area contributed by atoms with E-state index in [0.29, 0.717) is 0 Å². The Morgan fingerprint density at radius 3 is 2.42 bits per heavy atom. The lowest BCUT2D eigenvalue weighted by molar-refractivity contribution is 0.213. The molecule has 19 heavy (non-hydrogen) atoms. The van der Waals surface area contributed by atoms with Gasteiger partial charge < -0.3 is 9.53 Å². The van der Waals surface area contributed by atoms with Gasteiger partial charge in [-0.1, -0.05) is 26.8 Å². The summed E-state index contributed by atoms with van der Waals surface area (Å²) in [6.07, 6.45) is 7.02. The SMILES string of the molecule is C=CC(CCC/C(I)=C/CO)O[Si](C)(C)C(C)(C)C. The Morgan fingerprint density at radius 2 is 2.00 bits per heavy atom. The summed E-state index contributed by atoms with van der Waals surface area (Å²) in [5, 5.41) is 9.05. The van der Waals surface area contributed by atoms with Gasteiger partial charge in [0.25, 0.3) is 0 Å². The Morgan fingerprint density at radius 1 is 1.42 bits per heavy atom. The van der Waals surface area contributed by atoms with E-state index < -0.39 is 8.32 Å². The van der Waals surface area contributed by atoms with Crippen molar-refractivity contribution < 1.29 is 9.53 Å². The largest absolute Gasteiger partial charge is 0.411 e. The zero-order valence-corrected chi connectivity index (χ0v) is 16.2. The molecular formula is C15H29IO2Si. The smallest absolute Gasteiger partial charge is 0.192 e. The molecule has 112 valence electrons. The summed E-state index contributed by atoms with van der Waals surface area (Å²) in [5.41, 5.74) is 0. The summed E-state index contributed by atoms with van der Waals surface area (Å²) < 4.78 is 7.56. The van der Waals surface area contributed by atoms with E-state index in [-0.39, 0.29) is 17.7 Å². The van der Waals surface area contributed by atoms with Gasteiger partial charge in [-0.3, -0.25) is 0 Å². The van der Waals surface area contributed by atoms with E-state index in [0.717, 1.165) is 19.3 Å². The van der Waals surface area contributed by atoms with Crippen molar-refractivity contribution in [2.24, 2.45) is 0 Å². The van der Waals surface area contributed by atoms with Crippen molar-refractivity contribution in [2.45, 2.75) is 64.3 Å². The molecule has 1 atom stereocenters. The highest BCUT2D eigenvalue weighted by molar-refractivity contribution is 14.1. The first-order valence-electron chi connectivity index (χ1n) is 6.90. The van der Waals surface area contributed by atoms with E-state index in [1.54, 1.807) is 0 Å². The number of rotatable bonds is 8. The van der Waals surface area contributed by atoms with Crippen LogP contribution in [0.5, 0.6) is 0 Å². The monoisotopic (exact) mass is 396 g/mol. The minimum Gasteiger partial charge on any atom is -0.411 e. The number of hydrogen-bond acceptors (Lipinski definition) is 2. The molecule has 2 nitrogen and oxygen atoms in total. The second-order valence-electron chi connectivity index (χ2n) is 6.38. The third-order valence-corrected chi connectivity index (χ3v) is 9.22. The van der Waals surface area contributed by atoms with Gasteiger partial charge >= 0.3 is 0 Å². The molecule has 0 aromatic rings. The van der Waals surface area contributed by atoms with Gasteiger partial charge in [-0.25, -0.2) is 0 Å². The Kier molecular flexibility index (Phi) is 8.75. The predicted molar refractivity (Wildman–Crippen MR) is 95.3 cm³/mol. The molecular weight excluding hydrogens is 367 g/mol. The van der Waals surface area contributed by atoms with E-state index in [2.05, 4.69) is 63.0 Å². The normalized spacial score (nSPS) is 15.4. The highest BCUT2D eigenvalue weighted by Crippen LogP contribution is 2.37. The van der Waals surface area contributed by atoms with Crippen molar-refractivity contribution in [3.63, 3.8) is 0 Å². The fraction of sp³-hybridized carbons (Fsp3) is 0.733. The molecule has 0 aliphatic carbocycles. The van der Waals surface area contributed by atoms with Crippen molar-refractivity contribution in [1.29, 1.82) is 0 Å². The topological polar surface area (TPSA) is 29.5 Å². The predicted octanol–water partition coefficient (Wildman–Crippen LogP) is 5.04. The van der Waals surface area contributed by atoms with Crippen LogP contribution in [0, 0.1) is 0 Å². The molecule has 0 fully saturated rings. The zero-order chi connectivity index (χ0) is 15.1. The molecule has 0 saturated heterocycles. The van der Waals surface area contributed by atoms with Crippen LogP contribution in [0.4, 0.5) is 0 Å². The Bertz CT molecular complexity index is 306. The molecule has 0 spiro atoms. The van der Waals surface area contributed by atoms with Gasteiger partial charge in [-0.15, -0.1) is 6.58 Å². The molecule has 1 unspecified atom stereocenters. The molecule has 0 rings (SSSR count). The van der Waals surface area contributed by atoms with E-state index >= 15 is 0 Å². The average molecular weight is 396 g/mol. The summed E-state index contributed by atoms with van der Waals surface area (Å²) in [5.74, 6) is 0. The van der Waals surface area contributed by atoms with E-state index in [1.165, 1.54) is 3.58 Å². The van der Waals surface area contributed by atoms with Gasteiger partial charge in [0.05, 0.1) is 12.7 Å². The van der Waals surface area contributed by atoms with Crippen LogP contribution in [0.15, 0.2) is 22.3 Å². The van der Waals surface area contributed by atoms with Crippen LogP contribution in [0.1, 0.15) is 40.0 Å². The number of allylic oxidation sites excluding steroid dienone is 1. The van der Waals surface area contributed by atoms with Gasteiger partial charge in [-0.05, 0) is 69.6 Å². The van der Waals surface area contributed by atoms with Gasteiger partial charge in [0.1, 0.15) is 0 Å². The molecule has 1 N–H and O–H groups in total. The summed E-state index contributed by atoms with van der Waals surface area (Å²) in [6, 6.07) is 0. The first-order chi connectivity index (χ1) is 8.64. The lowest BCUT2D eigenvalue weighted by atomic mass is 10.1. The lowest BCUT2D eigenvalue weighted by Gasteiger charge is -2.38. The maximum atomic E-state index is 8.82. The standard InChI is InChI=1S/C15H29IO2Si/c1-7-14(10-8-9-13(16)11-12-17)18-19(5,6)15(2,3)4/h7,11,14,17H,1,8-10,12H2,2-6H3/b13-11-. The van der Waals surface area contributed by atoms with Crippen molar-refractivity contribution in [3.05, 3.63) is 22.3 Å². The second-order valence-corrected chi connectivity index (χ2v) is 12.5. The number of halogens is 1. The maximum absolute atomic E-state index is 8.82. The van der Waals surface area contributed by atoms with Crippen LogP contribution in [-0.4, -0.2) is 26.1 Å². The minimum atomic E-state index is -1.71. The van der Waals surface area contributed by atoms with Gasteiger partial charge in [-0.2, -0.15) is 0 Å². The number of aliphatic hydroxyl groups excluding tert-OH is 1. The summed E-state index contributed by atoms with van der Waals surface area (Å²) >= 11 is 2.28. The highest BCUT2D eigenvalue weighted by atomic mass is 127. The average Bonchev–Trinajstić information content (AvgIpc) is 2.26. The van der Waals surface area contributed by atoms with Gasteiger partial charge in [0.15, 0.2) is 8.32 Å². The molecule has 4 heteroatoms. The summed E-state index contributed by atoms with van der Waals surface area (Å²) in [6.45, 7) is 15.4. The lowest BCUT2D eigenvalue weighted by Crippen LogP contribution is -2.43. The van der Waals surface area contributed by atoms with Crippen molar-refractivity contribution in [3.8, 4) is 0 Å². The minimum absolute atomic E-state index is 0.129. The molecule has 0 aromatic carbocycles. The fourth-order valence-corrected chi connectivity index (χ4v) is 3.36. The van der Waals surface area contributed by atoms with Crippen LogP contribution in [0.3, 0.4) is 0 Å². The van der Waals surface area contributed by atoms with E-state index in [9.17, 15) is 0 Å². The molecule has 0 bridgehead atoms. The van der Waals surface area contributed by atoms with E-state index in [4.69, 9.17) is 9.53 Å². The van der Waals surface area contributed by atoms with Crippen molar-refractivity contribution >= 4 is 30.9 Å². The molecule has 0 aliphatic heterocycles. The summed E-state index contributed by atoms with van der Waals surface area (Å²) in [4.78, 5) is 0. The Labute approximate surface area is 133 Å². The number of aliphatic hydroxyl groups is 1. The van der Waals surface area contributed by atoms with Crippen LogP contribution in [0.25, 0.3) is 0 Å². The quantitative estimate of drug-likeness (QED) is 0.354. The van der Waals surface area contributed by atoms with Crippen LogP contribution in [0.2, 0.25) is 18.1 Å². The van der Waals surface area contributed by atoms with Crippen LogP contribution >= 0.6 is 22.6 Å². The maximum Gasteiger partial charge on any atom is 0.192 e. The van der Waals surface area contributed by atoms with Crippen LogP contribution < -0.4 is 0 Å². The van der Waals surface area contributed by atoms with Crippen molar-refractivity contribution in [1.82, 2.24) is 0 Å². The Hall–Kier alpha value is 0.347. The fourth-order valence-electron chi connectivity index (χ4n) is 1.45. The van der Waals surface area contributed by atoms with Gasteiger partial charge in [0.2, 0.25) is 0 Å². The van der Waals surface area contributed by atoms with Crippen molar-refractivity contribution in [2.75, 3.05) is 6.61 Å². The highest BCUT2D eigenvalue weighted by Gasteiger charge is 2.38. The summed E-state index contributed by atoms with van der Waals surface area (Å²) in [7, 11) is -1.71. The molecule has 0 radical (unpaired) electrons. The molecule has 0 heterocycles. The van der Waals surface area contributed by atoms with Gasteiger partial charge in [0, 0.05) is 0 Å². The third-order valence-electron chi connectivity index (χ3n) is 3.73. The molecule has 0 amide bonds. The second kappa shape index (κ2) is 8.59. The molecule has 0 aliphatic rings. The zero-order valence-electron chi connectivity index (χ0n) is 13.0. The number of hydrogen-bond donors (Lipinski definition) is 1. The van der Waals surface area contributed by atoms with Crippen LogP contribution in [-0.2, 0) is 4.43 Å². The molecule has 0 aromatic heterocycles. The third kappa shape index (κ3) is 7.63. The Balaban J connectivity index is 4.31. The first kappa shape index (κ1) is 19.3.